The van der Waals surface area contributed by atoms with Gasteiger partial charge in [-0.05, 0) is 24.3 Å². The quantitative estimate of drug-likeness (QED) is 0.734. The Morgan fingerprint density at radius 1 is 0.952 bits per heavy atom. The van der Waals surface area contributed by atoms with Gasteiger partial charge in [-0.25, -0.2) is 0 Å². The van der Waals surface area contributed by atoms with Gasteiger partial charge in [0.2, 0.25) is 0 Å². The third kappa shape index (κ3) is 1.92. The fraction of sp³-hybridized carbons (Fsp3) is 0.133. The van der Waals surface area contributed by atoms with Crippen LogP contribution in [0.5, 0.6) is 11.5 Å². The van der Waals surface area contributed by atoms with Gasteiger partial charge in [0.25, 0.3) is 0 Å². The van der Waals surface area contributed by atoms with Crippen molar-refractivity contribution in [2.45, 2.75) is 0 Å². The minimum absolute atomic E-state index is 0.374. The fourth-order valence-corrected chi connectivity index (χ4v) is 2.42. The Morgan fingerprint density at radius 3 is 2.71 bits per heavy atom. The van der Waals surface area contributed by atoms with Crippen molar-refractivity contribution in [1.29, 1.82) is 0 Å². The third-order valence-electron chi connectivity index (χ3n) is 3.43. The van der Waals surface area contributed by atoms with Gasteiger partial charge in [0, 0.05) is 28.7 Å². The van der Waals surface area contributed by atoms with Crippen LogP contribution in [0, 0.1) is 0 Å². The average molecular weight is 280 g/mol. The summed E-state index contributed by atoms with van der Waals surface area (Å²) in [5, 5.41) is 9.94. The van der Waals surface area contributed by atoms with Crippen LogP contribution in [0.25, 0.3) is 22.0 Å². The summed E-state index contributed by atoms with van der Waals surface area (Å²) in [4.78, 5) is 4.09. The highest BCUT2D eigenvalue weighted by atomic mass is 16.6. The highest BCUT2D eigenvalue weighted by Gasteiger charge is 2.15. The predicted octanol–water partition coefficient (Wildman–Crippen LogP) is 2.05. The molecular weight excluding hydrogens is 268 g/mol. The second-order valence-electron chi connectivity index (χ2n) is 4.71. The summed E-state index contributed by atoms with van der Waals surface area (Å²) in [7, 11) is 0. The number of nitrogens with two attached hydrogens (primary N) is 1. The van der Waals surface area contributed by atoms with Crippen LogP contribution in [0.2, 0.25) is 0 Å². The van der Waals surface area contributed by atoms with Gasteiger partial charge >= 0.3 is 0 Å². The van der Waals surface area contributed by atoms with Gasteiger partial charge in [-0.15, -0.1) is 10.2 Å². The molecule has 4 rings (SSSR count). The number of ether oxygens (including phenoxy) is 2. The maximum atomic E-state index is 5.86. The maximum Gasteiger partial charge on any atom is 0.162 e. The van der Waals surface area contributed by atoms with Gasteiger partial charge in [0.15, 0.2) is 17.3 Å². The molecule has 2 aromatic heterocycles. The topological polar surface area (TPSA) is 83.2 Å². The second-order valence-corrected chi connectivity index (χ2v) is 4.71. The van der Waals surface area contributed by atoms with E-state index in [1.54, 1.807) is 12.4 Å². The maximum absolute atomic E-state index is 5.86. The van der Waals surface area contributed by atoms with E-state index < -0.39 is 0 Å². The van der Waals surface area contributed by atoms with E-state index in [4.69, 9.17) is 15.2 Å². The number of benzene rings is 1. The third-order valence-corrected chi connectivity index (χ3v) is 3.43. The van der Waals surface area contributed by atoms with Crippen LogP contribution in [0.3, 0.4) is 0 Å². The Kier molecular flexibility index (Phi) is 2.60. The molecule has 21 heavy (non-hydrogen) atoms. The molecule has 2 N–H and O–H groups in total. The van der Waals surface area contributed by atoms with Crippen molar-refractivity contribution in [2.24, 2.45) is 0 Å². The van der Waals surface area contributed by atoms with E-state index in [1.165, 1.54) is 0 Å². The molecule has 0 saturated carbocycles. The first-order chi connectivity index (χ1) is 10.3. The highest BCUT2D eigenvalue weighted by molar-refractivity contribution is 5.99. The molecule has 6 heteroatoms. The zero-order valence-corrected chi connectivity index (χ0v) is 11.1. The lowest BCUT2D eigenvalue weighted by Crippen LogP contribution is -2.15. The number of rotatable bonds is 1. The van der Waals surface area contributed by atoms with E-state index in [2.05, 4.69) is 15.2 Å². The molecule has 0 unspecified atom stereocenters. The van der Waals surface area contributed by atoms with Gasteiger partial charge in [0.05, 0.1) is 0 Å². The summed E-state index contributed by atoms with van der Waals surface area (Å²) in [6.07, 6.45) is 3.41. The first kappa shape index (κ1) is 11.9. The van der Waals surface area contributed by atoms with E-state index in [0.29, 0.717) is 19.0 Å². The van der Waals surface area contributed by atoms with E-state index in [-0.39, 0.29) is 0 Å². The van der Waals surface area contributed by atoms with Crippen LogP contribution < -0.4 is 15.2 Å². The van der Waals surface area contributed by atoms with Crippen LogP contribution in [0.4, 0.5) is 5.82 Å². The largest absolute Gasteiger partial charge is 0.486 e. The number of nitrogen functional groups attached to an aromatic ring is 1. The Bertz CT molecular complexity index is 835. The minimum Gasteiger partial charge on any atom is -0.486 e. The molecule has 0 saturated heterocycles. The first-order valence-corrected chi connectivity index (χ1v) is 6.59. The van der Waals surface area contributed by atoms with Crippen LogP contribution in [-0.4, -0.2) is 28.4 Å². The summed E-state index contributed by atoms with van der Waals surface area (Å²) in [5.41, 5.74) is 7.51. The van der Waals surface area contributed by atoms with Crippen molar-refractivity contribution in [1.82, 2.24) is 15.2 Å². The fourth-order valence-electron chi connectivity index (χ4n) is 2.42. The Hall–Kier alpha value is -2.89. The molecule has 0 spiro atoms. The monoisotopic (exact) mass is 280 g/mol. The van der Waals surface area contributed by atoms with E-state index in [0.717, 1.165) is 33.5 Å². The van der Waals surface area contributed by atoms with Gasteiger partial charge < -0.3 is 15.2 Å². The van der Waals surface area contributed by atoms with Crippen LogP contribution in [-0.2, 0) is 0 Å². The number of pyridine rings is 1. The lowest BCUT2D eigenvalue weighted by Gasteiger charge is -2.19. The average Bonchev–Trinajstić information content (AvgIpc) is 2.55. The van der Waals surface area contributed by atoms with Crippen molar-refractivity contribution in [3.05, 3.63) is 36.7 Å². The minimum atomic E-state index is 0.374. The SMILES string of the molecule is Nc1nnc(-c2ccc3c(c2)OCCO3)c2ccncc12. The molecule has 1 aromatic carbocycles. The summed E-state index contributed by atoms with van der Waals surface area (Å²) in [6, 6.07) is 7.61. The predicted molar refractivity (Wildman–Crippen MR) is 78.2 cm³/mol. The molecule has 3 aromatic rings. The number of hydrogen-bond acceptors (Lipinski definition) is 6. The second kappa shape index (κ2) is 4.59. The molecule has 104 valence electrons. The standard InChI is InChI=1S/C15H12N4O2/c16-15-11-8-17-4-3-10(11)14(18-19-15)9-1-2-12-13(7-9)21-6-5-20-12/h1-4,7-8H,5-6H2,(H2,16,19). The van der Waals surface area contributed by atoms with Gasteiger partial charge in [0.1, 0.15) is 18.9 Å². The molecule has 6 nitrogen and oxygen atoms in total. The molecule has 0 amide bonds. The molecule has 0 atom stereocenters. The van der Waals surface area contributed by atoms with Crippen molar-refractivity contribution in [3.8, 4) is 22.8 Å². The molecule has 3 heterocycles. The highest BCUT2D eigenvalue weighted by Crippen LogP contribution is 2.36. The first-order valence-electron chi connectivity index (χ1n) is 6.59. The number of nitrogens with zero attached hydrogens (tertiary/aromatic N) is 3. The Morgan fingerprint density at radius 2 is 1.81 bits per heavy atom. The summed E-state index contributed by atoms with van der Waals surface area (Å²) in [6.45, 7) is 1.12. The van der Waals surface area contributed by atoms with E-state index >= 15 is 0 Å². The summed E-state index contributed by atoms with van der Waals surface area (Å²) < 4.78 is 11.1. The lowest BCUT2D eigenvalue weighted by atomic mass is 10.1. The van der Waals surface area contributed by atoms with Crippen molar-refractivity contribution in [3.63, 3.8) is 0 Å². The van der Waals surface area contributed by atoms with Crippen LogP contribution in [0.15, 0.2) is 36.7 Å². The van der Waals surface area contributed by atoms with Crippen LogP contribution in [0.1, 0.15) is 0 Å². The van der Waals surface area contributed by atoms with Crippen molar-refractivity contribution in [2.75, 3.05) is 18.9 Å². The molecule has 0 bridgehead atoms. The summed E-state index contributed by atoms with van der Waals surface area (Å²) in [5.74, 6) is 1.85. The molecule has 1 aliphatic rings. The smallest absolute Gasteiger partial charge is 0.162 e. The lowest BCUT2D eigenvalue weighted by molar-refractivity contribution is 0.171. The van der Waals surface area contributed by atoms with Gasteiger partial charge in [-0.1, -0.05) is 0 Å². The molecule has 1 aliphatic heterocycles. The molecular formula is C15H12N4O2. The van der Waals surface area contributed by atoms with Crippen molar-refractivity contribution < 1.29 is 9.47 Å². The van der Waals surface area contributed by atoms with E-state index in [9.17, 15) is 0 Å². The Balaban J connectivity index is 1.92. The van der Waals surface area contributed by atoms with Crippen LogP contribution >= 0.6 is 0 Å². The zero-order valence-electron chi connectivity index (χ0n) is 11.1. The Labute approximate surface area is 120 Å². The number of anilines is 1. The number of fused-ring (bicyclic) bond motifs is 2. The molecule has 0 fully saturated rings. The molecule has 0 radical (unpaired) electrons. The normalized spacial score (nSPS) is 13.3. The number of hydrogen-bond donors (Lipinski definition) is 1. The van der Waals surface area contributed by atoms with Crippen molar-refractivity contribution >= 4 is 16.6 Å². The van der Waals surface area contributed by atoms with Gasteiger partial charge in [-0.3, -0.25) is 4.98 Å². The zero-order chi connectivity index (χ0) is 14.2. The summed E-state index contributed by atoms with van der Waals surface area (Å²) >= 11 is 0. The van der Waals surface area contributed by atoms with Gasteiger partial charge in [-0.2, -0.15) is 0 Å². The van der Waals surface area contributed by atoms with E-state index in [1.807, 2.05) is 24.3 Å². The number of aromatic nitrogens is 3. The molecule has 0 aliphatic carbocycles.